The van der Waals surface area contributed by atoms with Crippen molar-refractivity contribution >= 4 is 11.6 Å². The maximum Gasteiger partial charge on any atom is 0.253 e. The van der Waals surface area contributed by atoms with E-state index in [1.807, 2.05) is 17.0 Å². The smallest absolute Gasteiger partial charge is 0.253 e. The van der Waals surface area contributed by atoms with Crippen molar-refractivity contribution in [3.63, 3.8) is 0 Å². The normalized spacial score (nSPS) is 29.6. The number of amides is 1. The van der Waals surface area contributed by atoms with Gasteiger partial charge in [-0.25, -0.2) is 0 Å². The predicted octanol–water partition coefficient (Wildman–Crippen LogP) is 2.70. The van der Waals surface area contributed by atoms with Gasteiger partial charge >= 0.3 is 0 Å². The molecule has 136 valence electrons. The molecule has 5 nitrogen and oxygen atoms in total. The third-order valence-electron chi connectivity index (χ3n) is 6.00. The zero-order valence-corrected chi connectivity index (χ0v) is 15.1. The van der Waals surface area contributed by atoms with Gasteiger partial charge in [-0.05, 0) is 56.4 Å². The second-order valence-corrected chi connectivity index (χ2v) is 7.50. The molecule has 4 rings (SSSR count). The lowest BCUT2D eigenvalue weighted by Gasteiger charge is -2.44. The third-order valence-corrected chi connectivity index (χ3v) is 6.00. The van der Waals surface area contributed by atoms with Crippen LogP contribution in [0.4, 0.5) is 5.69 Å². The number of carbonyl (C=O) groups excluding carboxylic acids is 1. The van der Waals surface area contributed by atoms with Gasteiger partial charge in [-0.2, -0.15) is 0 Å². The minimum Gasteiger partial charge on any atom is -0.378 e. The molecule has 1 aromatic rings. The van der Waals surface area contributed by atoms with E-state index in [9.17, 15) is 4.79 Å². The van der Waals surface area contributed by atoms with Crippen LogP contribution >= 0.6 is 0 Å². The molecule has 1 spiro atoms. The first-order valence-corrected chi connectivity index (χ1v) is 9.53. The number of ether oxygens (including phenoxy) is 2. The Bertz CT molecular complexity index is 604. The van der Waals surface area contributed by atoms with E-state index < -0.39 is 0 Å². The molecule has 3 aliphatic rings. The van der Waals surface area contributed by atoms with Crippen molar-refractivity contribution in [3.8, 4) is 0 Å². The lowest BCUT2D eigenvalue weighted by Crippen LogP contribution is -2.58. The topological polar surface area (TPSA) is 42.0 Å². The molecule has 0 aliphatic carbocycles. The Labute approximate surface area is 149 Å². The molecule has 0 aromatic heterocycles. The largest absolute Gasteiger partial charge is 0.378 e. The molecule has 0 radical (unpaired) electrons. The lowest BCUT2D eigenvalue weighted by atomic mass is 9.86. The van der Waals surface area contributed by atoms with Crippen LogP contribution in [0.25, 0.3) is 0 Å². The van der Waals surface area contributed by atoms with Crippen LogP contribution < -0.4 is 4.90 Å². The van der Waals surface area contributed by atoms with Crippen molar-refractivity contribution < 1.29 is 14.3 Å². The van der Waals surface area contributed by atoms with Gasteiger partial charge in [-0.1, -0.05) is 0 Å². The summed E-state index contributed by atoms with van der Waals surface area (Å²) in [5.41, 5.74) is 1.69. The average molecular weight is 344 g/mol. The molecule has 3 saturated heterocycles. The Morgan fingerprint density at radius 1 is 1.16 bits per heavy atom. The summed E-state index contributed by atoms with van der Waals surface area (Å²) in [5.74, 6) is 0.109. The van der Waals surface area contributed by atoms with Gasteiger partial charge in [0.05, 0.1) is 12.6 Å². The zero-order valence-electron chi connectivity index (χ0n) is 15.1. The van der Waals surface area contributed by atoms with E-state index in [4.69, 9.17) is 9.47 Å². The van der Waals surface area contributed by atoms with Crippen LogP contribution in [0.2, 0.25) is 0 Å². The molecule has 1 aromatic carbocycles. The van der Waals surface area contributed by atoms with Gasteiger partial charge in [-0.3, -0.25) is 4.79 Å². The quantitative estimate of drug-likeness (QED) is 0.845. The number of piperidine rings is 1. The molecule has 0 saturated carbocycles. The van der Waals surface area contributed by atoms with Crippen LogP contribution in [-0.4, -0.2) is 62.4 Å². The van der Waals surface area contributed by atoms with Crippen molar-refractivity contribution in [2.24, 2.45) is 0 Å². The number of carbonyl (C=O) groups is 1. The van der Waals surface area contributed by atoms with Gasteiger partial charge in [0.2, 0.25) is 0 Å². The molecular weight excluding hydrogens is 316 g/mol. The van der Waals surface area contributed by atoms with Gasteiger partial charge in [0.15, 0.2) is 0 Å². The van der Waals surface area contributed by atoms with E-state index in [-0.39, 0.29) is 17.6 Å². The Morgan fingerprint density at radius 3 is 2.56 bits per heavy atom. The van der Waals surface area contributed by atoms with Crippen molar-refractivity contribution in [1.29, 1.82) is 0 Å². The van der Waals surface area contributed by atoms with E-state index in [0.29, 0.717) is 6.54 Å². The maximum absolute atomic E-state index is 13.0. The van der Waals surface area contributed by atoms with Gasteiger partial charge in [0, 0.05) is 44.6 Å². The van der Waals surface area contributed by atoms with E-state index in [1.54, 1.807) is 7.11 Å². The summed E-state index contributed by atoms with van der Waals surface area (Å²) >= 11 is 0. The predicted molar refractivity (Wildman–Crippen MR) is 97.1 cm³/mol. The van der Waals surface area contributed by atoms with Gasteiger partial charge in [0.25, 0.3) is 5.91 Å². The summed E-state index contributed by atoms with van der Waals surface area (Å²) in [6.45, 7) is 4.39. The van der Waals surface area contributed by atoms with Crippen molar-refractivity contribution in [3.05, 3.63) is 29.8 Å². The lowest BCUT2D eigenvalue weighted by molar-refractivity contribution is -0.137. The molecule has 3 fully saturated rings. The van der Waals surface area contributed by atoms with Crippen LogP contribution in [0.15, 0.2) is 24.3 Å². The highest BCUT2D eigenvalue weighted by molar-refractivity contribution is 5.94. The standard InChI is InChI=1S/C20H28N2O3/c1-24-18-9-13-22(15-20(18)10-4-14-25-20)19(23)16-5-7-17(8-6-16)21-11-2-3-12-21/h5-8,18H,2-4,9-15H2,1H3/t18-,20-/m0/s1. The fourth-order valence-electron chi connectivity index (χ4n) is 4.62. The van der Waals surface area contributed by atoms with Crippen LogP contribution in [0.5, 0.6) is 0 Å². The summed E-state index contributed by atoms with van der Waals surface area (Å²) in [7, 11) is 1.75. The number of hydrogen-bond acceptors (Lipinski definition) is 4. The summed E-state index contributed by atoms with van der Waals surface area (Å²) in [4.78, 5) is 17.3. The van der Waals surface area contributed by atoms with E-state index in [2.05, 4.69) is 17.0 Å². The van der Waals surface area contributed by atoms with E-state index in [1.165, 1.54) is 18.5 Å². The number of rotatable bonds is 3. The van der Waals surface area contributed by atoms with Crippen LogP contribution in [0.1, 0.15) is 42.5 Å². The molecular formula is C20H28N2O3. The highest BCUT2D eigenvalue weighted by Crippen LogP contribution is 2.36. The minimum atomic E-state index is -0.307. The zero-order chi connectivity index (χ0) is 17.3. The molecule has 0 N–H and O–H groups in total. The Kier molecular flexibility index (Phi) is 4.69. The number of hydrogen-bond donors (Lipinski definition) is 0. The Balaban J connectivity index is 1.47. The maximum atomic E-state index is 13.0. The molecule has 3 aliphatic heterocycles. The number of benzene rings is 1. The summed E-state index contributed by atoms with van der Waals surface area (Å²) in [5, 5.41) is 0. The summed E-state index contributed by atoms with van der Waals surface area (Å²) in [6, 6.07) is 8.12. The fraction of sp³-hybridized carbons (Fsp3) is 0.650. The monoisotopic (exact) mass is 344 g/mol. The van der Waals surface area contributed by atoms with Crippen LogP contribution in [-0.2, 0) is 9.47 Å². The molecule has 3 heterocycles. The average Bonchev–Trinajstić information content (AvgIpc) is 3.34. The molecule has 5 heteroatoms. The number of methoxy groups -OCH3 is 1. The first-order valence-electron chi connectivity index (χ1n) is 9.53. The van der Waals surface area contributed by atoms with Gasteiger partial charge < -0.3 is 19.3 Å². The molecule has 25 heavy (non-hydrogen) atoms. The Morgan fingerprint density at radius 2 is 1.92 bits per heavy atom. The Hall–Kier alpha value is -1.59. The minimum absolute atomic E-state index is 0.0941. The fourth-order valence-corrected chi connectivity index (χ4v) is 4.62. The van der Waals surface area contributed by atoms with Gasteiger partial charge in [-0.15, -0.1) is 0 Å². The SMILES string of the molecule is CO[C@H]1CCN(C(=O)c2ccc(N3CCCC3)cc2)C[C@@]12CCCO2. The summed E-state index contributed by atoms with van der Waals surface area (Å²) < 4.78 is 11.7. The first-order chi connectivity index (χ1) is 12.2. The highest BCUT2D eigenvalue weighted by Gasteiger charge is 2.48. The van der Waals surface area contributed by atoms with Crippen molar-refractivity contribution in [2.75, 3.05) is 44.8 Å². The summed E-state index contributed by atoms with van der Waals surface area (Å²) in [6.07, 6.45) is 5.48. The number of likely N-dealkylation sites (tertiary alicyclic amines) is 1. The van der Waals surface area contributed by atoms with E-state index in [0.717, 1.165) is 51.1 Å². The number of anilines is 1. The van der Waals surface area contributed by atoms with Crippen LogP contribution in [0, 0.1) is 0 Å². The number of nitrogens with zero attached hydrogens (tertiary/aromatic N) is 2. The second kappa shape index (κ2) is 6.96. The van der Waals surface area contributed by atoms with Crippen molar-refractivity contribution in [1.82, 2.24) is 4.90 Å². The molecule has 1 amide bonds. The van der Waals surface area contributed by atoms with Gasteiger partial charge in [0.1, 0.15) is 5.60 Å². The van der Waals surface area contributed by atoms with E-state index >= 15 is 0 Å². The van der Waals surface area contributed by atoms with Crippen molar-refractivity contribution in [2.45, 2.75) is 43.8 Å². The molecule has 2 atom stereocenters. The second-order valence-electron chi connectivity index (χ2n) is 7.50. The third kappa shape index (κ3) is 3.15. The first kappa shape index (κ1) is 16.9. The highest BCUT2D eigenvalue weighted by atomic mass is 16.6. The molecule has 0 unspecified atom stereocenters. The van der Waals surface area contributed by atoms with Crippen LogP contribution in [0.3, 0.4) is 0 Å². The molecule has 0 bridgehead atoms.